The molecule has 14 nitrogen and oxygen atoms in total. The molecule has 5 saturated carbocycles. The summed E-state index contributed by atoms with van der Waals surface area (Å²) < 4.78 is 73.0. The van der Waals surface area contributed by atoms with E-state index in [9.17, 15) is 36.2 Å². The Morgan fingerprint density at radius 2 is 1.37 bits per heavy atom. The van der Waals surface area contributed by atoms with Gasteiger partial charge < -0.3 is 20.3 Å². The van der Waals surface area contributed by atoms with Gasteiger partial charge >= 0.3 is 0 Å². The quantitative estimate of drug-likeness (QED) is 0.132. The number of hydrogen-bond acceptors (Lipinski definition) is 12. The summed E-state index contributed by atoms with van der Waals surface area (Å²) in [6.45, 7) is 0. The van der Waals surface area contributed by atoms with Gasteiger partial charge in [0.1, 0.15) is 11.3 Å². The summed E-state index contributed by atoms with van der Waals surface area (Å²) in [7, 11) is -7.06. The molecule has 0 saturated heterocycles. The van der Waals surface area contributed by atoms with Crippen LogP contribution in [-0.4, -0.2) is 108 Å². The predicted molar refractivity (Wildman–Crippen MR) is 165 cm³/mol. The van der Waals surface area contributed by atoms with E-state index in [0.29, 0.717) is 31.7 Å². The summed E-state index contributed by atoms with van der Waals surface area (Å²) in [6, 6.07) is -1.73. The van der Waals surface area contributed by atoms with Crippen molar-refractivity contribution >= 4 is 20.2 Å². The maximum atomic E-state index is 12.5. The molecule has 46 heavy (non-hydrogen) atoms. The van der Waals surface area contributed by atoms with Gasteiger partial charge in [-0.1, -0.05) is 19.3 Å². The second-order valence-corrected chi connectivity index (χ2v) is 17.4. The fraction of sp³-hybridized carbons (Fsp3) is 1.00. The molecule has 5 fully saturated rings. The van der Waals surface area contributed by atoms with Gasteiger partial charge in [-0.05, 0) is 76.0 Å². The van der Waals surface area contributed by atoms with Crippen LogP contribution in [0.15, 0.2) is 20.5 Å². The van der Waals surface area contributed by atoms with E-state index in [1.165, 1.54) is 26.4 Å². The number of hydrogen-bond donors (Lipinski definition) is 5. The Labute approximate surface area is 283 Å². The molecule has 0 aromatic heterocycles. The van der Waals surface area contributed by atoms with E-state index in [-0.39, 0.29) is 60.3 Å². The number of aliphatic hydroxyl groups excluding tert-OH is 2. The SMILES string of the molecule is COC1CC(N=NC2C(O)C3CCC(NC4CCCCC4)CC3CC2S(=O)(=O)O)C(O)CC1N=NC1CCC(S(=O)(=O)O)CC1.[Cu]. The van der Waals surface area contributed by atoms with Crippen LogP contribution in [0.25, 0.3) is 0 Å². The molecule has 5 N–H and O–H groups in total. The summed E-state index contributed by atoms with van der Waals surface area (Å²) in [5, 5.41) is 41.5. The molecule has 17 heteroatoms. The molecule has 5 aliphatic rings. The number of methoxy groups -OCH3 is 1. The predicted octanol–water partition coefficient (Wildman–Crippen LogP) is 3.09. The Morgan fingerprint density at radius 3 is 2.00 bits per heavy atom. The minimum atomic E-state index is -4.52. The van der Waals surface area contributed by atoms with Gasteiger partial charge in [-0.2, -0.15) is 37.3 Å². The summed E-state index contributed by atoms with van der Waals surface area (Å²) in [5.41, 5.74) is 0. The van der Waals surface area contributed by atoms with Crippen molar-refractivity contribution in [1.29, 1.82) is 0 Å². The zero-order chi connectivity index (χ0) is 32.4. The van der Waals surface area contributed by atoms with Crippen molar-refractivity contribution in [3.8, 4) is 0 Å². The third-order valence-electron chi connectivity index (χ3n) is 11.1. The Hall–Kier alpha value is -0.621. The van der Waals surface area contributed by atoms with Crippen molar-refractivity contribution in [2.75, 3.05) is 7.11 Å². The molecule has 0 bridgehead atoms. The molecule has 10 unspecified atom stereocenters. The molecule has 0 amide bonds. The van der Waals surface area contributed by atoms with Crippen LogP contribution in [-0.2, 0) is 42.0 Å². The van der Waals surface area contributed by atoms with E-state index in [1.807, 2.05) is 0 Å². The molecule has 0 aromatic carbocycles. The minimum absolute atomic E-state index is 0. The van der Waals surface area contributed by atoms with Crippen LogP contribution in [0.1, 0.15) is 96.3 Å². The van der Waals surface area contributed by atoms with Crippen molar-refractivity contribution < 1.29 is 58.0 Å². The van der Waals surface area contributed by atoms with Crippen molar-refractivity contribution in [2.24, 2.45) is 32.3 Å². The van der Waals surface area contributed by atoms with Crippen LogP contribution < -0.4 is 5.32 Å². The Morgan fingerprint density at radius 1 is 0.696 bits per heavy atom. The first kappa shape index (κ1) is 38.2. The van der Waals surface area contributed by atoms with Gasteiger partial charge in [0, 0.05) is 49.1 Å². The van der Waals surface area contributed by atoms with Gasteiger partial charge in [0.2, 0.25) is 0 Å². The molecule has 0 aromatic rings. The van der Waals surface area contributed by atoms with E-state index in [1.54, 1.807) is 0 Å². The van der Waals surface area contributed by atoms with E-state index in [2.05, 4.69) is 25.8 Å². The second kappa shape index (κ2) is 16.4. The average Bonchev–Trinajstić information content (AvgIpc) is 3.00. The number of nitrogens with one attached hydrogen (secondary N) is 1. The molecule has 269 valence electrons. The van der Waals surface area contributed by atoms with Gasteiger partial charge in [-0.15, -0.1) is 0 Å². The number of nitrogens with zero attached hydrogens (tertiary/aromatic N) is 4. The number of ether oxygens (including phenoxy) is 1. The van der Waals surface area contributed by atoms with Crippen LogP contribution in [0.2, 0.25) is 0 Å². The first-order valence-corrected chi connectivity index (χ1v) is 19.7. The van der Waals surface area contributed by atoms with Crippen LogP contribution >= 0.6 is 0 Å². The smallest absolute Gasteiger partial charge is 0.270 e. The van der Waals surface area contributed by atoms with Gasteiger partial charge in [-0.3, -0.25) is 9.11 Å². The standard InChI is InChI=1S/C29H51N5O9S2.Cu/c1-43-26-16-23(25(35)15-24(26)33-31-19-7-10-21(11-8-19)44(37,38)39)32-34-28-27(45(40,41)42)14-17-13-20(9-12-22(17)29(28)36)30-18-5-3-2-4-6-18;/h17-30,35-36H,2-16H2,1H3,(H,37,38,39)(H,40,41,42);. The summed E-state index contributed by atoms with van der Waals surface area (Å²) in [4.78, 5) is 0. The summed E-state index contributed by atoms with van der Waals surface area (Å²) in [5.74, 6) is -0.197. The van der Waals surface area contributed by atoms with Gasteiger partial charge in [0.25, 0.3) is 20.2 Å². The molecule has 5 aliphatic carbocycles. The summed E-state index contributed by atoms with van der Waals surface area (Å²) in [6.07, 6.45) is 8.15. The summed E-state index contributed by atoms with van der Waals surface area (Å²) >= 11 is 0. The molecule has 5 rings (SSSR count). The van der Waals surface area contributed by atoms with Crippen molar-refractivity contribution in [2.45, 2.75) is 161 Å². The number of aliphatic hydroxyl groups is 2. The number of fused-ring (bicyclic) bond motifs is 1. The van der Waals surface area contributed by atoms with Crippen molar-refractivity contribution in [1.82, 2.24) is 5.32 Å². The molecular weight excluding hydrogens is 690 g/mol. The van der Waals surface area contributed by atoms with Crippen LogP contribution in [0.3, 0.4) is 0 Å². The maximum absolute atomic E-state index is 12.5. The number of rotatable bonds is 9. The first-order chi connectivity index (χ1) is 21.3. The number of azo groups is 2. The van der Waals surface area contributed by atoms with Gasteiger partial charge in [0.15, 0.2) is 0 Å². The average molecular weight is 741 g/mol. The third kappa shape index (κ3) is 9.54. The monoisotopic (exact) mass is 740 g/mol. The topological polar surface area (TPSA) is 220 Å². The second-order valence-electron chi connectivity index (χ2n) is 14.1. The van der Waals surface area contributed by atoms with Crippen molar-refractivity contribution in [3.05, 3.63) is 0 Å². The van der Waals surface area contributed by atoms with E-state index < -0.39 is 67.2 Å². The first-order valence-electron chi connectivity index (χ1n) is 16.7. The zero-order valence-corrected chi connectivity index (χ0v) is 28.9. The van der Waals surface area contributed by atoms with E-state index in [0.717, 1.165) is 32.1 Å². The van der Waals surface area contributed by atoms with Crippen molar-refractivity contribution in [3.63, 3.8) is 0 Å². The van der Waals surface area contributed by atoms with Gasteiger partial charge in [0.05, 0.1) is 41.7 Å². The molecule has 0 heterocycles. The normalized spacial score (nSPS) is 41.7. The van der Waals surface area contributed by atoms with Crippen LogP contribution in [0.5, 0.6) is 0 Å². The largest absolute Gasteiger partial charge is 0.391 e. The van der Waals surface area contributed by atoms with E-state index >= 15 is 0 Å². The van der Waals surface area contributed by atoms with Crippen LogP contribution in [0, 0.1) is 11.8 Å². The molecule has 0 aliphatic heterocycles. The fourth-order valence-electron chi connectivity index (χ4n) is 8.52. The molecule has 0 spiro atoms. The Kier molecular flexibility index (Phi) is 13.6. The maximum Gasteiger partial charge on any atom is 0.270 e. The Balaban J connectivity index is 0.00000480. The van der Waals surface area contributed by atoms with Gasteiger partial charge in [-0.25, -0.2) is 0 Å². The Bertz CT molecular complexity index is 1260. The van der Waals surface area contributed by atoms with E-state index in [4.69, 9.17) is 4.74 Å². The molecule has 10 atom stereocenters. The zero-order valence-electron chi connectivity index (χ0n) is 26.3. The minimum Gasteiger partial charge on any atom is -0.391 e. The third-order valence-corrected chi connectivity index (χ3v) is 13.7. The fourth-order valence-corrected chi connectivity index (χ4v) is 10.4. The molecular formula is C29H51CuN5O9S2. The molecule has 1 radical (unpaired) electrons. The van der Waals surface area contributed by atoms with Crippen LogP contribution in [0.4, 0.5) is 0 Å².